The molecule has 0 radical (unpaired) electrons. The second kappa shape index (κ2) is 44.4. The molecule has 0 aliphatic carbocycles. The monoisotopic (exact) mass is 703 g/mol. The Bertz CT molecular complexity index is 655. The first kappa shape index (κ1) is 49.2. The zero-order valence-electron chi connectivity index (χ0n) is 35.0. The molecule has 0 amide bonds. The highest BCUT2D eigenvalue weighted by molar-refractivity contribution is 5.69. The van der Waals surface area contributed by atoms with Crippen molar-refractivity contribution in [1.29, 1.82) is 0 Å². The normalized spacial score (nSPS) is 12.3. The number of allylic oxidation sites excluding steroid dienone is 2. The Morgan fingerprint density at radius 2 is 0.620 bits per heavy atom. The van der Waals surface area contributed by atoms with E-state index in [2.05, 4.69) is 32.9 Å². The van der Waals surface area contributed by atoms with E-state index < -0.39 is 0 Å². The predicted molar refractivity (Wildman–Crippen MR) is 225 cm³/mol. The number of carbonyl (C=O) groups excluding carboxylic acids is 1. The van der Waals surface area contributed by atoms with E-state index in [0.717, 1.165) is 19.3 Å². The van der Waals surface area contributed by atoms with Crippen molar-refractivity contribution >= 4 is 5.97 Å². The van der Waals surface area contributed by atoms with Gasteiger partial charge in [-0.15, -0.1) is 0 Å². The minimum Gasteiger partial charge on any atom is -0.462 e. The maximum absolute atomic E-state index is 12.7. The Hall–Kier alpha value is -0.790. The van der Waals surface area contributed by atoms with Crippen molar-refractivity contribution in [2.45, 2.75) is 290 Å². The third-order valence-corrected chi connectivity index (χ3v) is 11.0. The van der Waals surface area contributed by atoms with Gasteiger partial charge in [-0.05, 0) is 57.8 Å². The molecule has 2 nitrogen and oxygen atoms in total. The first-order chi connectivity index (χ1) is 24.7. The molecule has 0 aromatic heterocycles. The number of unbranched alkanes of at least 4 members (excludes halogenated alkanes) is 34. The topological polar surface area (TPSA) is 26.3 Å². The van der Waals surface area contributed by atoms with Crippen molar-refractivity contribution in [3.8, 4) is 0 Å². The van der Waals surface area contributed by atoms with Crippen LogP contribution in [-0.4, -0.2) is 12.1 Å². The van der Waals surface area contributed by atoms with E-state index in [9.17, 15) is 4.79 Å². The maximum Gasteiger partial charge on any atom is 0.306 e. The van der Waals surface area contributed by atoms with E-state index in [0.29, 0.717) is 6.42 Å². The van der Waals surface area contributed by atoms with Gasteiger partial charge >= 0.3 is 5.97 Å². The Morgan fingerprint density at radius 1 is 0.360 bits per heavy atom. The van der Waals surface area contributed by atoms with Crippen molar-refractivity contribution < 1.29 is 9.53 Å². The minimum atomic E-state index is 0.0722. The molecular weight excluding hydrogens is 609 g/mol. The van der Waals surface area contributed by atoms with E-state index in [-0.39, 0.29) is 12.1 Å². The van der Waals surface area contributed by atoms with Crippen LogP contribution < -0.4 is 0 Å². The Labute approximate surface area is 316 Å². The summed E-state index contributed by atoms with van der Waals surface area (Å²) >= 11 is 0. The lowest BCUT2D eigenvalue weighted by Crippen LogP contribution is -2.18. The summed E-state index contributed by atoms with van der Waals surface area (Å²) in [4.78, 5) is 12.7. The van der Waals surface area contributed by atoms with Gasteiger partial charge < -0.3 is 4.74 Å². The van der Waals surface area contributed by atoms with Crippen LogP contribution in [0.2, 0.25) is 0 Å². The van der Waals surface area contributed by atoms with E-state index >= 15 is 0 Å². The van der Waals surface area contributed by atoms with Crippen LogP contribution in [0.25, 0.3) is 0 Å². The zero-order chi connectivity index (χ0) is 36.3. The summed E-state index contributed by atoms with van der Waals surface area (Å²) in [5.41, 5.74) is 0. The fourth-order valence-corrected chi connectivity index (χ4v) is 7.45. The lowest BCUT2D eigenvalue weighted by molar-refractivity contribution is -0.150. The zero-order valence-corrected chi connectivity index (χ0v) is 35.0. The average Bonchev–Trinajstić information content (AvgIpc) is 3.12. The highest BCUT2D eigenvalue weighted by Crippen LogP contribution is 2.19. The van der Waals surface area contributed by atoms with Gasteiger partial charge in [-0.1, -0.05) is 232 Å². The molecule has 1 unspecified atom stereocenters. The van der Waals surface area contributed by atoms with Crippen molar-refractivity contribution in [1.82, 2.24) is 0 Å². The number of ether oxygens (including phenoxy) is 1. The van der Waals surface area contributed by atoms with Crippen LogP contribution in [0.5, 0.6) is 0 Å². The number of hydrogen-bond acceptors (Lipinski definition) is 2. The van der Waals surface area contributed by atoms with Crippen LogP contribution in [0.1, 0.15) is 284 Å². The largest absolute Gasteiger partial charge is 0.462 e. The number of esters is 1. The molecule has 0 fully saturated rings. The molecule has 50 heavy (non-hydrogen) atoms. The predicted octanol–water partition coefficient (Wildman–Crippen LogP) is 17.5. The van der Waals surface area contributed by atoms with Crippen molar-refractivity contribution in [2.75, 3.05) is 0 Å². The summed E-state index contributed by atoms with van der Waals surface area (Å²) in [5.74, 6) is 0.0722. The van der Waals surface area contributed by atoms with Crippen LogP contribution in [0.3, 0.4) is 0 Å². The Morgan fingerprint density at radius 3 is 0.940 bits per heavy atom. The van der Waals surface area contributed by atoms with Gasteiger partial charge in [-0.25, -0.2) is 0 Å². The fourth-order valence-electron chi connectivity index (χ4n) is 7.45. The summed E-state index contributed by atoms with van der Waals surface area (Å²) in [6.07, 6.45) is 59.2. The standard InChI is InChI=1S/C48H94O2/c1-4-7-10-13-16-18-20-22-24-25-26-27-29-31-33-35-37-40-43-46-48(49)50-47(44-41-38-15-12-9-6-3)45-42-39-36-34-32-30-28-23-21-19-17-14-11-8-5-2/h22,24,47H,4-21,23,25-46H2,1-3H3/b24-22-. The van der Waals surface area contributed by atoms with Crippen molar-refractivity contribution in [3.63, 3.8) is 0 Å². The smallest absolute Gasteiger partial charge is 0.306 e. The third kappa shape index (κ3) is 41.6. The molecule has 0 rings (SSSR count). The molecule has 0 aliphatic rings. The molecule has 0 N–H and O–H groups in total. The number of rotatable bonds is 43. The molecule has 1 atom stereocenters. The van der Waals surface area contributed by atoms with Gasteiger partial charge in [0, 0.05) is 6.42 Å². The SMILES string of the molecule is CCCCCCCC/C=C\CCCCCCCCCCCC(=O)OC(CCCCCCCC)CCCCCCCCCCCCCCCCC. The minimum absolute atomic E-state index is 0.0722. The Kier molecular flexibility index (Phi) is 43.7. The van der Waals surface area contributed by atoms with E-state index in [1.54, 1.807) is 0 Å². The quantitative estimate of drug-likeness (QED) is 0.0359. The molecule has 2 heteroatoms. The summed E-state index contributed by atoms with van der Waals surface area (Å²) in [6, 6.07) is 0. The molecular formula is C48H94O2. The second-order valence-corrected chi connectivity index (χ2v) is 16.2. The number of carbonyl (C=O) groups is 1. The number of hydrogen-bond donors (Lipinski definition) is 0. The van der Waals surface area contributed by atoms with Crippen LogP contribution in [-0.2, 0) is 9.53 Å². The van der Waals surface area contributed by atoms with E-state index in [1.807, 2.05) is 0 Å². The third-order valence-electron chi connectivity index (χ3n) is 11.0. The highest BCUT2D eigenvalue weighted by Gasteiger charge is 2.14. The highest BCUT2D eigenvalue weighted by atomic mass is 16.5. The first-order valence-electron chi connectivity index (χ1n) is 23.6. The maximum atomic E-state index is 12.7. The summed E-state index contributed by atoms with van der Waals surface area (Å²) < 4.78 is 6.09. The van der Waals surface area contributed by atoms with Crippen LogP contribution >= 0.6 is 0 Å². The molecule has 0 aromatic carbocycles. The summed E-state index contributed by atoms with van der Waals surface area (Å²) in [7, 11) is 0. The van der Waals surface area contributed by atoms with Gasteiger partial charge in [0.25, 0.3) is 0 Å². The molecule has 0 saturated heterocycles. The average molecular weight is 703 g/mol. The van der Waals surface area contributed by atoms with E-state index in [1.165, 1.54) is 238 Å². The lowest BCUT2D eigenvalue weighted by Gasteiger charge is -2.18. The molecule has 0 spiro atoms. The molecule has 0 bridgehead atoms. The van der Waals surface area contributed by atoms with Gasteiger partial charge in [-0.3, -0.25) is 4.79 Å². The van der Waals surface area contributed by atoms with Gasteiger partial charge in [0.15, 0.2) is 0 Å². The fraction of sp³-hybridized carbons (Fsp3) is 0.938. The second-order valence-electron chi connectivity index (χ2n) is 16.2. The molecule has 0 saturated carbocycles. The molecule has 298 valence electrons. The molecule has 0 aromatic rings. The van der Waals surface area contributed by atoms with Crippen LogP contribution in [0.4, 0.5) is 0 Å². The van der Waals surface area contributed by atoms with Crippen molar-refractivity contribution in [2.24, 2.45) is 0 Å². The van der Waals surface area contributed by atoms with Crippen LogP contribution in [0.15, 0.2) is 12.2 Å². The van der Waals surface area contributed by atoms with Crippen molar-refractivity contribution in [3.05, 3.63) is 12.2 Å². The first-order valence-corrected chi connectivity index (χ1v) is 23.6. The molecule has 0 heterocycles. The van der Waals surface area contributed by atoms with Crippen LogP contribution in [0, 0.1) is 0 Å². The summed E-state index contributed by atoms with van der Waals surface area (Å²) in [5, 5.41) is 0. The lowest BCUT2D eigenvalue weighted by atomic mass is 10.0. The van der Waals surface area contributed by atoms with Gasteiger partial charge in [0.2, 0.25) is 0 Å². The van der Waals surface area contributed by atoms with Gasteiger partial charge in [-0.2, -0.15) is 0 Å². The molecule has 0 aliphatic heterocycles. The summed E-state index contributed by atoms with van der Waals surface area (Å²) in [6.45, 7) is 6.87. The van der Waals surface area contributed by atoms with Gasteiger partial charge in [0.1, 0.15) is 6.10 Å². The van der Waals surface area contributed by atoms with Gasteiger partial charge in [0.05, 0.1) is 0 Å². The van der Waals surface area contributed by atoms with E-state index in [4.69, 9.17) is 4.74 Å². The Balaban J connectivity index is 3.84.